The van der Waals surface area contributed by atoms with E-state index in [2.05, 4.69) is 64.8 Å². The lowest BCUT2D eigenvalue weighted by molar-refractivity contribution is -0.119. The van der Waals surface area contributed by atoms with Crippen molar-refractivity contribution in [2.24, 2.45) is 5.41 Å². The summed E-state index contributed by atoms with van der Waals surface area (Å²) in [5, 5.41) is 12.5. The van der Waals surface area contributed by atoms with Crippen LogP contribution in [0.25, 0.3) is 11.4 Å². The number of aryl methyl sites for hydroxylation is 1. The lowest BCUT2D eigenvalue weighted by Crippen LogP contribution is -2.40. The number of amides is 1. The number of benzene rings is 1. The van der Waals surface area contributed by atoms with Gasteiger partial charge in [0.2, 0.25) is 5.91 Å². The predicted molar refractivity (Wildman–Crippen MR) is 112 cm³/mol. The molecule has 7 heteroatoms. The molecule has 2 rings (SSSR count). The summed E-state index contributed by atoms with van der Waals surface area (Å²) >= 11 is 1.43. The van der Waals surface area contributed by atoms with Gasteiger partial charge >= 0.3 is 0 Å². The zero-order chi connectivity index (χ0) is 20.0. The summed E-state index contributed by atoms with van der Waals surface area (Å²) < 4.78 is 2.07. The van der Waals surface area contributed by atoms with Crippen LogP contribution < -0.4 is 5.32 Å². The van der Waals surface area contributed by atoms with Gasteiger partial charge < -0.3 is 14.8 Å². The van der Waals surface area contributed by atoms with E-state index < -0.39 is 0 Å². The van der Waals surface area contributed by atoms with Crippen LogP contribution in [0.3, 0.4) is 0 Å². The van der Waals surface area contributed by atoms with Crippen LogP contribution in [-0.2, 0) is 11.3 Å². The van der Waals surface area contributed by atoms with E-state index in [1.807, 2.05) is 26.2 Å². The molecule has 1 aromatic carbocycles. The van der Waals surface area contributed by atoms with Crippen molar-refractivity contribution in [3.8, 4) is 11.4 Å². The molecule has 0 atom stereocenters. The van der Waals surface area contributed by atoms with Crippen LogP contribution in [0.15, 0.2) is 29.4 Å². The summed E-state index contributed by atoms with van der Waals surface area (Å²) in [6.07, 6.45) is 0. The number of rotatable bonds is 9. The summed E-state index contributed by atoms with van der Waals surface area (Å²) in [5.41, 5.74) is 2.27. The van der Waals surface area contributed by atoms with Crippen molar-refractivity contribution in [2.75, 3.05) is 32.9 Å². The third-order valence-electron chi connectivity index (χ3n) is 4.26. The standard InChI is InChI=1S/C20H31N5OS/c1-7-25-18(16-11-9-8-10-15(16)2)22-23-19(25)27-12-17(26)21-13-20(3,4)14-24(5)6/h8-11H,7,12-14H2,1-6H3,(H,21,26). The third kappa shape index (κ3) is 6.07. The van der Waals surface area contributed by atoms with E-state index in [0.29, 0.717) is 12.3 Å². The van der Waals surface area contributed by atoms with Crippen LogP contribution >= 0.6 is 11.8 Å². The van der Waals surface area contributed by atoms with Crippen molar-refractivity contribution in [1.82, 2.24) is 25.0 Å². The van der Waals surface area contributed by atoms with Gasteiger partial charge in [-0.05, 0) is 38.9 Å². The Morgan fingerprint density at radius 3 is 2.59 bits per heavy atom. The van der Waals surface area contributed by atoms with Crippen molar-refractivity contribution in [3.05, 3.63) is 29.8 Å². The van der Waals surface area contributed by atoms with E-state index in [4.69, 9.17) is 0 Å². The Labute approximate surface area is 166 Å². The van der Waals surface area contributed by atoms with Crippen LogP contribution in [0.5, 0.6) is 0 Å². The van der Waals surface area contributed by atoms with E-state index in [1.165, 1.54) is 11.8 Å². The topological polar surface area (TPSA) is 63.1 Å². The smallest absolute Gasteiger partial charge is 0.230 e. The van der Waals surface area contributed by atoms with Crippen LogP contribution in [-0.4, -0.2) is 58.5 Å². The first kappa shape index (κ1) is 21.4. The quantitative estimate of drug-likeness (QED) is 0.668. The molecule has 0 spiro atoms. The van der Waals surface area contributed by atoms with Gasteiger partial charge in [-0.2, -0.15) is 0 Å². The van der Waals surface area contributed by atoms with Gasteiger partial charge in [-0.15, -0.1) is 10.2 Å². The number of hydrogen-bond donors (Lipinski definition) is 1. The Balaban J connectivity index is 1.98. The molecule has 0 unspecified atom stereocenters. The molecular weight excluding hydrogens is 358 g/mol. The number of hydrogen-bond acceptors (Lipinski definition) is 5. The Bertz CT molecular complexity index is 769. The van der Waals surface area contributed by atoms with Gasteiger partial charge in [0.1, 0.15) is 0 Å². The van der Waals surface area contributed by atoms with Gasteiger partial charge in [0, 0.05) is 25.2 Å². The molecule has 1 heterocycles. The lowest BCUT2D eigenvalue weighted by Gasteiger charge is -2.28. The Kier molecular flexibility index (Phi) is 7.44. The minimum absolute atomic E-state index is 0.0231. The fourth-order valence-corrected chi connectivity index (χ4v) is 3.97. The molecule has 1 N–H and O–H groups in total. The summed E-state index contributed by atoms with van der Waals surface area (Å²) in [4.78, 5) is 14.4. The van der Waals surface area contributed by atoms with Gasteiger partial charge in [-0.1, -0.05) is 49.9 Å². The second-order valence-electron chi connectivity index (χ2n) is 7.83. The molecule has 0 saturated carbocycles. The zero-order valence-corrected chi connectivity index (χ0v) is 18.1. The maximum Gasteiger partial charge on any atom is 0.230 e. The van der Waals surface area contributed by atoms with Crippen molar-refractivity contribution >= 4 is 17.7 Å². The molecule has 0 aliphatic carbocycles. The average Bonchev–Trinajstić information content (AvgIpc) is 3.00. The normalized spacial score (nSPS) is 11.8. The van der Waals surface area contributed by atoms with Crippen molar-refractivity contribution in [1.29, 1.82) is 0 Å². The van der Waals surface area contributed by atoms with E-state index in [0.717, 1.165) is 35.2 Å². The van der Waals surface area contributed by atoms with Crippen LogP contribution in [0.2, 0.25) is 0 Å². The average molecular weight is 390 g/mol. The highest BCUT2D eigenvalue weighted by molar-refractivity contribution is 7.99. The van der Waals surface area contributed by atoms with Crippen LogP contribution in [0, 0.1) is 12.3 Å². The van der Waals surface area contributed by atoms with Gasteiger partial charge in [-0.25, -0.2) is 0 Å². The molecular formula is C20H31N5OS. The van der Waals surface area contributed by atoms with Crippen molar-refractivity contribution in [2.45, 2.75) is 39.4 Å². The molecule has 0 radical (unpaired) electrons. The predicted octanol–water partition coefficient (Wildman–Crippen LogP) is 3.07. The maximum atomic E-state index is 12.3. The summed E-state index contributed by atoms with van der Waals surface area (Å²) in [6.45, 7) is 10.8. The fraction of sp³-hybridized carbons (Fsp3) is 0.550. The van der Waals surface area contributed by atoms with Gasteiger partial charge in [0.25, 0.3) is 0 Å². The van der Waals surface area contributed by atoms with Gasteiger partial charge in [0.05, 0.1) is 5.75 Å². The summed E-state index contributed by atoms with van der Waals surface area (Å²) in [5.74, 6) is 1.21. The van der Waals surface area contributed by atoms with E-state index in [9.17, 15) is 4.79 Å². The van der Waals surface area contributed by atoms with Gasteiger partial charge in [0.15, 0.2) is 11.0 Å². The minimum Gasteiger partial charge on any atom is -0.355 e. The Hall–Kier alpha value is -1.86. The van der Waals surface area contributed by atoms with Crippen molar-refractivity contribution < 1.29 is 4.79 Å². The van der Waals surface area contributed by atoms with E-state index in [1.54, 1.807) is 0 Å². The molecule has 0 saturated heterocycles. The monoisotopic (exact) mass is 389 g/mol. The second-order valence-corrected chi connectivity index (χ2v) is 8.78. The zero-order valence-electron chi connectivity index (χ0n) is 17.2. The van der Waals surface area contributed by atoms with Gasteiger partial charge in [-0.3, -0.25) is 4.79 Å². The highest BCUT2D eigenvalue weighted by Gasteiger charge is 2.20. The summed E-state index contributed by atoms with van der Waals surface area (Å²) in [7, 11) is 4.09. The molecule has 0 fully saturated rings. The molecule has 148 valence electrons. The highest BCUT2D eigenvalue weighted by Crippen LogP contribution is 2.26. The number of nitrogens with zero attached hydrogens (tertiary/aromatic N) is 4. The molecule has 1 aromatic heterocycles. The van der Waals surface area contributed by atoms with E-state index >= 15 is 0 Å². The first-order chi connectivity index (χ1) is 12.7. The number of nitrogens with one attached hydrogen (secondary N) is 1. The largest absolute Gasteiger partial charge is 0.355 e. The SMILES string of the molecule is CCn1c(SCC(=O)NCC(C)(C)CN(C)C)nnc1-c1ccccc1C. The first-order valence-corrected chi connectivity index (χ1v) is 10.3. The molecule has 27 heavy (non-hydrogen) atoms. The number of thioether (sulfide) groups is 1. The van der Waals surface area contributed by atoms with Crippen LogP contribution in [0.4, 0.5) is 0 Å². The lowest BCUT2D eigenvalue weighted by atomic mass is 9.93. The molecule has 2 aromatic rings. The second kappa shape index (κ2) is 9.37. The molecule has 0 bridgehead atoms. The van der Waals surface area contributed by atoms with Crippen molar-refractivity contribution in [3.63, 3.8) is 0 Å². The van der Waals surface area contributed by atoms with Crippen LogP contribution in [0.1, 0.15) is 26.3 Å². The maximum absolute atomic E-state index is 12.3. The molecule has 0 aliphatic rings. The van der Waals surface area contributed by atoms with E-state index in [-0.39, 0.29) is 11.3 Å². The third-order valence-corrected chi connectivity index (χ3v) is 5.23. The number of aromatic nitrogens is 3. The first-order valence-electron chi connectivity index (χ1n) is 9.27. The fourth-order valence-electron chi connectivity index (χ4n) is 3.13. The number of carbonyl (C=O) groups is 1. The Morgan fingerprint density at radius 1 is 1.26 bits per heavy atom. The Morgan fingerprint density at radius 2 is 1.96 bits per heavy atom. The molecule has 1 amide bonds. The minimum atomic E-state index is 0.0231. The molecule has 0 aliphatic heterocycles. The number of carbonyl (C=O) groups excluding carboxylic acids is 1. The summed E-state index contributed by atoms with van der Waals surface area (Å²) in [6, 6.07) is 8.15. The molecule has 6 nitrogen and oxygen atoms in total. The highest BCUT2D eigenvalue weighted by atomic mass is 32.2.